The molecule has 0 aromatic heterocycles. The average Bonchev–Trinajstić information content (AvgIpc) is 1.87. The molecule has 0 rings (SSSR count). The van der Waals surface area contributed by atoms with Gasteiger partial charge in [0, 0.05) is 0 Å². The molecule has 0 N–H and O–H groups in total. The fourth-order valence-electron chi connectivity index (χ4n) is 0.721. The number of carbonyl (C=O) groups excluding carboxylic acids is 1. The number of rotatable bonds is 3. The summed E-state index contributed by atoms with van der Waals surface area (Å²) in [5, 5.41) is 0. The van der Waals surface area contributed by atoms with Gasteiger partial charge in [0.2, 0.25) is 0 Å². The number of halogens is 1. The summed E-state index contributed by atoms with van der Waals surface area (Å²) in [7, 11) is 0. The summed E-state index contributed by atoms with van der Waals surface area (Å²) in [5.74, 6) is -0.401. The maximum Gasteiger partial charge on any atom is 0.191 e. The number of allylic oxidation sites excluding steroid dienone is 2. The first kappa shape index (κ1) is 9.34. The molecule has 0 fully saturated rings. The van der Waals surface area contributed by atoms with Gasteiger partial charge in [0.1, 0.15) is 0 Å². The molecule has 1 nitrogen and oxygen atoms in total. The van der Waals surface area contributed by atoms with Crippen molar-refractivity contribution >= 4 is 5.78 Å². The van der Waals surface area contributed by atoms with E-state index in [1.54, 1.807) is 13.0 Å². The highest BCUT2D eigenvalue weighted by Crippen LogP contribution is 2.03. The third-order valence-electron chi connectivity index (χ3n) is 1.26. The first-order valence-corrected chi connectivity index (χ1v) is 3.44. The van der Waals surface area contributed by atoms with Gasteiger partial charge in [-0.15, -0.1) is 0 Å². The molecule has 58 valence electrons. The van der Waals surface area contributed by atoms with E-state index < -0.39 is 12.0 Å². The van der Waals surface area contributed by atoms with Gasteiger partial charge < -0.3 is 0 Å². The fourth-order valence-corrected chi connectivity index (χ4v) is 0.721. The van der Waals surface area contributed by atoms with Crippen LogP contribution >= 0.6 is 0 Å². The van der Waals surface area contributed by atoms with Crippen molar-refractivity contribution in [3.63, 3.8) is 0 Å². The summed E-state index contributed by atoms with van der Waals surface area (Å²) in [4.78, 5) is 10.8. The Bertz CT molecular complexity index is 147. The van der Waals surface area contributed by atoms with Crippen LogP contribution in [0.1, 0.15) is 27.2 Å². The van der Waals surface area contributed by atoms with Crippen LogP contribution in [0.4, 0.5) is 4.39 Å². The van der Waals surface area contributed by atoms with E-state index in [4.69, 9.17) is 0 Å². The maximum atomic E-state index is 12.3. The number of alkyl halides is 1. The molecule has 0 radical (unpaired) electrons. The second kappa shape index (κ2) is 4.20. The molecule has 1 atom stereocenters. The number of carbonyl (C=O) groups is 1. The molecule has 0 bridgehead atoms. The van der Waals surface area contributed by atoms with Crippen molar-refractivity contribution in [1.82, 2.24) is 0 Å². The van der Waals surface area contributed by atoms with Crippen LogP contribution in [0, 0.1) is 0 Å². The van der Waals surface area contributed by atoms with E-state index in [1.165, 1.54) is 6.92 Å². The Kier molecular flexibility index (Phi) is 3.93. The second-order valence-corrected chi connectivity index (χ2v) is 2.28. The third-order valence-corrected chi connectivity index (χ3v) is 1.26. The summed E-state index contributed by atoms with van der Waals surface area (Å²) >= 11 is 0. The molecule has 0 heterocycles. The zero-order valence-electron chi connectivity index (χ0n) is 6.65. The predicted molar refractivity (Wildman–Crippen MR) is 39.6 cm³/mol. The SMILES string of the molecule is CC/C=C(\C)C(=O)C(C)F. The molecule has 0 aromatic rings. The maximum absolute atomic E-state index is 12.3. The second-order valence-electron chi connectivity index (χ2n) is 2.28. The molecule has 0 spiro atoms. The van der Waals surface area contributed by atoms with E-state index in [1.807, 2.05) is 6.92 Å². The first-order valence-electron chi connectivity index (χ1n) is 3.44. The van der Waals surface area contributed by atoms with Gasteiger partial charge in [0.25, 0.3) is 0 Å². The van der Waals surface area contributed by atoms with Crippen molar-refractivity contribution in [3.05, 3.63) is 11.6 Å². The average molecular weight is 144 g/mol. The Morgan fingerprint density at radius 1 is 1.70 bits per heavy atom. The smallest absolute Gasteiger partial charge is 0.191 e. The number of hydrogen-bond acceptors (Lipinski definition) is 1. The molecule has 1 unspecified atom stereocenters. The Morgan fingerprint density at radius 2 is 2.20 bits per heavy atom. The number of ketones is 1. The Balaban J connectivity index is 4.08. The summed E-state index contributed by atoms with van der Waals surface area (Å²) in [6.07, 6.45) is 1.16. The lowest BCUT2D eigenvalue weighted by molar-refractivity contribution is -0.119. The minimum atomic E-state index is -1.36. The van der Waals surface area contributed by atoms with Crippen LogP contribution in [0.2, 0.25) is 0 Å². The Morgan fingerprint density at radius 3 is 2.50 bits per heavy atom. The van der Waals surface area contributed by atoms with Crippen molar-refractivity contribution in [2.24, 2.45) is 0 Å². The van der Waals surface area contributed by atoms with Gasteiger partial charge >= 0.3 is 0 Å². The van der Waals surface area contributed by atoms with Crippen LogP contribution in [0.3, 0.4) is 0 Å². The van der Waals surface area contributed by atoms with Crippen molar-refractivity contribution in [2.75, 3.05) is 0 Å². The highest BCUT2D eigenvalue weighted by molar-refractivity contribution is 5.97. The molecule has 0 aliphatic heterocycles. The van der Waals surface area contributed by atoms with E-state index in [-0.39, 0.29) is 0 Å². The van der Waals surface area contributed by atoms with E-state index >= 15 is 0 Å². The van der Waals surface area contributed by atoms with E-state index in [0.29, 0.717) is 5.57 Å². The van der Waals surface area contributed by atoms with Crippen LogP contribution < -0.4 is 0 Å². The molecule has 0 aromatic carbocycles. The van der Waals surface area contributed by atoms with Gasteiger partial charge in [0.05, 0.1) is 0 Å². The number of Topliss-reactive ketones (excluding diaryl/α,β-unsaturated/α-hetero) is 1. The highest BCUT2D eigenvalue weighted by Gasteiger charge is 2.11. The van der Waals surface area contributed by atoms with E-state index in [2.05, 4.69) is 0 Å². The van der Waals surface area contributed by atoms with Crippen LogP contribution in [-0.4, -0.2) is 12.0 Å². The largest absolute Gasteiger partial charge is 0.291 e. The topological polar surface area (TPSA) is 17.1 Å². The van der Waals surface area contributed by atoms with Crippen LogP contribution in [0.5, 0.6) is 0 Å². The van der Waals surface area contributed by atoms with Gasteiger partial charge in [-0.2, -0.15) is 0 Å². The molecule has 0 saturated heterocycles. The van der Waals surface area contributed by atoms with Gasteiger partial charge in [-0.3, -0.25) is 4.79 Å². The van der Waals surface area contributed by atoms with Gasteiger partial charge in [-0.1, -0.05) is 13.0 Å². The molecule has 0 aliphatic carbocycles. The third kappa shape index (κ3) is 2.76. The summed E-state index contributed by atoms with van der Waals surface area (Å²) in [6, 6.07) is 0. The fraction of sp³-hybridized carbons (Fsp3) is 0.625. The highest BCUT2D eigenvalue weighted by atomic mass is 19.1. The molecule has 0 amide bonds. The van der Waals surface area contributed by atoms with Crippen molar-refractivity contribution in [3.8, 4) is 0 Å². The molecule has 0 saturated carbocycles. The lowest BCUT2D eigenvalue weighted by Gasteiger charge is -1.99. The summed E-state index contributed by atoms with van der Waals surface area (Å²) in [5.41, 5.74) is 0.525. The van der Waals surface area contributed by atoms with Crippen LogP contribution in [0.15, 0.2) is 11.6 Å². The molecule has 2 heteroatoms. The molecular formula is C8H13FO. The lowest BCUT2D eigenvalue weighted by Crippen LogP contribution is -2.11. The minimum absolute atomic E-state index is 0.401. The van der Waals surface area contributed by atoms with E-state index in [9.17, 15) is 9.18 Å². The molecule has 0 aliphatic rings. The first-order chi connectivity index (χ1) is 4.59. The van der Waals surface area contributed by atoms with Crippen molar-refractivity contribution in [2.45, 2.75) is 33.4 Å². The Labute approximate surface area is 60.9 Å². The predicted octanol–water partition coefficient (Wildman–Crippen LogP) is 2.27. The number of hydrogen-bond donors (Lipinski definition) is 0. The van der Waals surface area contributed by atoms with Gasteiger partial charge in [-0.25, -0.2) is 4.39 Å². The zero-order valence-corrected chi connectivity index (χ0v) is 6.65. The summed E-state index contributed by atoms with van der Waals surface area (Å²) < 4.78 is 12.3. The monoisotopic (exact) mass is 144 g/mol. The lowest BCUT2D eigenvalue weighted by atomic mass is 10.1. The minimum Gasteiger partial charge on any atom is -0.291 e. The Hall–Kier alpha value is -0.660. The normalized spacial score (nSPS) is 15.0. The van der Waals surface area contributed by atoms with Crippen molar-refractivity contribution < 1.29 is 9.18 Å². The van der Waals surface area contributed by atoms with E-state index in [0.717, 1.165) is 6.42 Å². The van der Waals surface area contributed by atoms with Crippen LogP contribution in [0.25, 0.3) is 0 Å². The quantitative estimate of drug-likeness (QED) is 0.555. The zero-order chi connectivity index (χ0) is 8.15. The van der Waals surface area contributed by atoms with Gasteiger partial charge in [-0.05, 0) is 25.8 Å². The molecular weight excluding hydrogens is 131 g/mol. The summed E-state index contributed by atoms with van der Waals surface area (Å²) in [6.45, 7) is 4.82. The van der Waals surface area contributed by atoms with Gasteiger partial charge in [0.15, 0.2) is 12.0 Å². The van der Waals surface area contributed by atoms with Crippen molar-refractivity contribution in [1.29, 1.82) is 0 Å². The molecule has 10 heavy (non-hydrogen) atoms. The van der Waals surface area contributed by atoms with Crippen LogP contribution in [-0.2, 0) is 4.79 Å². The standard InChI is InChI=1S/C8H13FO/c1-4-5-6(2)8(10)7(3)9/h5,7H,4H2,1-3H3/b6-5+.